The second kappa shape index (κ2) is 14.3. The molecule has 1 atom stereocenters. The van der Waals surface area contributed by atoms with E-state index in [1.165, 1.54) is 15.9 Å². The molecule has 0 saturated heterocycles. The van der Waals surface area contributed by atoms with Gasteiger partial charge in [-0.1, -0.05) is 0 Å². The molecule has 0 aliphatic heterocycles. The molecule has 1 N–H and O–H groups in total. The number of ether oxygens (including phenoxy) is 1. The average molecular weight is 505 g/mol. The summed E-state index contributed by atoms with van der Waals surface area (Å²) >= 11 is 0. The summed E-state index contributed by atoms with van der Waals surface area (Å²) in [6.07, 6.45) is 4.57. The van der Waals surface area contributed by atoms with E-state index in [-0.39, 0.29) is 11.9 Å². The van der Waals surface area contributed by atoms with Crippen LogP contribution in [0.1, 0.15) is 32.6 Å². The van der Waals surface area contributed by atoms with Crippen molar-refractivity contribution in [2.45, 2.75) is 39.4 Å². The Balaban J connectivity index is 1.83. The van der Waals surface area contributed by atoms with Crippen LogP contribution in [-0.4, -0.2) is 49.2 Å². The molecule has 192 valence electrons. The molecule has 6 heteroatoms. The van der Waals surface area contributed by atoms with E-state index in [1.54, 1.807) is 6.82 Å². The number of hydrogen-bond donors (Lipinski definition) is 1. The number of nitrogens with zero attached hydrogens (tertiary/aromatic N) is 1. The summed E-state index contributed by atoms with van der Waals surface area (Å²) in [5, 5.41) is 14.1. The Morgan fingerprint density at radius 1 is 0.861 bits per heavy atom. The zero-order valence-electron chi connectivity index (χ0n) is 22.0. The van der Waals surface area contributed by atoms with Crippen LogP contribution in [0.25, 0.3) is 0 Å². The Labute approximate surface area is 218 Å². The summed E-state index contributed by atoms with van der Waals surface area (Å²) in [7, 11) is -0.891. The number of carbonyl (C=O) groups excluding carboxylic acids is 1. The van der Waals surface area contributed by atoms with Gasteiger partial charge in [0.2, 0.25) is 0 Å². The van der Waals surface area contributed by atoms with Crippen LogP contribution in [0.5, 0.6) is 0 Å². The number of unbranched alkanes of at least 4 members (excludes halogenated alkanes) is 1. The van der Waals surface area contributed by atoms with E-state index < -0.39 is 14.3 Å². The molecular weight excluding hydrogens is 464 g/mol. The molecule has 0 amide bonds. The number of benzene rings is 3. The summed E-state index contributed by atoms with van der Waals surface area (Å²) in [4.78, 5) is 14.6. The van der Waals surface area contributed by atoms with Crippen molar-refractivity contribution in [1.82, 2.24) is 4.81 Å². The molecule has 0 spiro atoms. The number of carbonyl (C=O) groups is 1. The van der Waals surface area contributed by atoms with Gasteiger partial charge >= 0.3 is 218 Å². The Bertz CT molecular complexity index is 937. The van der Waals surface area contributed by atoms with Crippen molar-refractivity contribution in [3.63, 3.8) is 0 Å². The molecule has 0 bridgehead atoms. The predicted molar refractivity (Wildman–Crippen MR) is 156 cm³/mol. The van der Waals surface area contributed by atoms with Gasteiger partial charge in [-0.25, -0.2) is 0 Å². The van der Waals surface area contributed by atoms with Gasteiger partial charge in [-0.15, -0.1) is 0 Å². The first-order valence-electron chi connectivity index (χ1n) is 13.2. The van der Waals surface area contributed by atoms with Crippen LogP contribution in [0.15, 0.2) is 91.0 Å². The summed E-state index contributed by atoms with van der Waals surface area (Å²) in [6, 6.07) is 32.9. The molecule has 1 unspecified atom stereocenters. The number of hydrogen-bond acceptors (Lipinski definition) is 4. The van der Waals surface area contributed by atoms with Gasteiger partial charge in [0.25, 0.3) is 0 Å². The molecule has 0 radical (unpaired) electrons. The van der Waals surface area contributed by atoms with Crippen LogP contribution < -0.4 is 15.9 Å². The third-order valence-electron chi connectivity index (χ3n) is 7.24. The summed E-state index contributed by atoms with van der Waals surface area (Å²) in [6.45, 7) is 4.67. The van der Waals surface area contributed by atoms with E-state index in [4.69, 9.17) is 4.74 Å². The topological polar surface area (TPSA) is 49.8 Å². The van der Waals surface area contributed by atoms with Gasteiger partial charge < -0.3 is 0 Å². The Morgan fingerprint density at radius 3 is 1.75 bits per heavy atom. The summed E-state index contributed by atoms with van der Waals surface area (Å²) in [5.74, 6) is -0.262. The second-order valence-corrected chi connectivity index (χ2v) is 13.6. The molecule has 3 aromatic rings. The van der Waals surface area contributed by atoms with E-state index in [2.05, 4.69) is 91.0 Å². The standard InChI is InChI=1S/C30H41BNO3P/c1-4-35-30(33)26(23-24-32(3)31(2)34)16-14-15-25-36(27-17-8-5-9-18-27,28-19-10-6-11-20-28)29-21-12-7-13-22-29/h5-13,17-22,26,34,36H,4,14-16,23-25H2,1-3H3. The number of rotatable bonds is 14. The first-order chi connectivity index (χ1) is 17.5. The van der Waals surface area contributed by atoms with E-state index in [0.717, 1.165) is 25.4 Å². The van der Waals surface area contributed by atoms with Gasteiger partial charge in [-0.05, 0) is 0 Å². The Hall–Kier alpha value is -2.46. The van der Waals surface area contributed by atoms with Gasteiger partial charge in [0.05, 0.1) is 0 Å². The molecule has 3 aromatic carbocycles. The van der Waals surface area contributed by atoms with Gasteiger partial charge in [0, 0.05) is 0 Å². The van der Waals surface area contributed by atoms with Crippen LogP contribution in [0.3, 0.4) is 0 Å². The monoisotopic (exact) mass is 505 g/mol. The van der Waals surface area contributed by atoms with Gasteiger partial charge in [0.15, 0.2) is 0 Å². The fourth-order valence-electron chi connectivity index (χ4n) is 5.07. The average Bonchev–Trinajstić information content (AvgIpc) is 2.92. The zero-order chi connectivity index (χ0) is 25.8. The van der Waals surface area contributed by atoms with Crippen LogP contribution >= 0.6 is 7.26 Å². The van der Waals surface area contributed by atoms with E-state index in [1.807, 2.05) is 18.8 Å². The van der Waals surface area contributed by atoms with Crippen molar-refractivity contribution in [2.75, 3.05) is 26.4 Å². The van der Waals surface area contributed by atoms with Crippen LogP contribution in [0.4, 0.5) is 0 Å². The molecule has 0 fully saturated rings. The van der Waals surface area contributed by atoms with Crippen molar-refractivity contribution < 1.29 is 14.6 Å². The number of esters is 1. The fourth-order valence-corrected chi connectivity index (χ4v) is 10.00. The van der Waals surface area contributed by atoms with Crippen molar-refractivity contribution in [1.29, 1.82) is 0 Å². The SMILES string of the molecule is CCOC(=O)C(CCCC[PH](c1ccccc1)(c1ccccc1)c1ccccc1)CCN(C)B(C)O. The van der Waals surface area contributed by atoms with Gasteiger partial charge in [-0.3, -0.25) is 0 Å². The van der Waals surface area contributed by atoms with Crippen molar-refractivity contribution >= 4 is 36.2 Å². The van der Waals surface area contributed by atoms with Crippen molar-refractivity contribution in [3.8, 4) is 0 Å². The Kier molecular flexibility index (Phi) is 11.2. The first-order valence-corrected chi connectivity index (χ1v) is 15.4. The third-order valence-corrected chi connectivity index (χ3v) is 12.3. The Morgan fingerprint density at radius 2 is 1.33 bits per heavy atom. The first kappa shape index (κ1) is 28.1. The van der Waals surface area contributed by atoms with Gasteiger partial charge in [-0.2, -0.15) is 0 Å². The molecule has 0 aliphatic carbocycles. The summed E-state index contributed by atoms with van der Waals surface area (Å²) < 4.78 is 5.39. The van der Waals surface area contributed by atoms with E-state index in [0.29, 0.717) is 19.6 Å². The molecular formula is C30H41BNO3P. The van der Waals surface area contributed by atoms with E-state index >= 15 is 0 Å². The van der Waals surface area contributed by atoms with Crippen molar-refractivity contribution in [3.05, 3.63) is 91.0 Å². The minimum absolute atomic E-state index is 0.117. The normalized spacial score (nSPS) is 12.8. The quantitative estimate of drug-likeness (QED) is 0.152. The minimum atomic E-state index is -2.25. The molecule has 4 nitrogen and oxygen atoms in total. The van der Waals surface area contributed by atoms with Crippen LogP contribution in [0, 0.1) is 5.92 Å². The maximum absolute atomic E-state index is 12.7. The third kappa shape index (κ3) is 7.29. The van der Waals surface area contributed by atoms with E-state index in [9.17, 15) is 9.82 Å². The van der Waals surface area contributed by atoms with Crippen molar-refractivity contribution in [2.24, 2.45) is 5.92 Å². The van der Waals surface area contributed by atoms with Gasteiger partial charge in [0.1, 0.15) is 0 Å². The molecule has 36 heavy (non-hydrogen) atoms. The molecule has 0 aromatic heterocycles. The summed E-state index contributed by atoms with van der Waals surface area (Å²) in [5.41, 5.74) is 0. The molecule has 0 aliphatic rings. The van der Waals surface area contributed by atoms with Crippen LogP contribution in [-0.2, 0) is 9.53 Å². The molecule has 3 rings (SSSR count). The second-order valence-electron chi connectivity index (χ2n) is 9.60. The fraction of sp³-hybridized carbons (Fsp3) is 0.367. The predicted octanol–water partition coefficient (Wildman–Crippen LogP) is 4.49. The maximum atomic E-state index is 12.7. The molecule has 0 saturated carbocycles. The zero-order valence-corrected chi connectivity index (χ0v) is 23.0. The van der Waals surface area contributed by atoms with Crippen LogP contribution in [0.2, 0.25) is 6.82 Å². The molecule has 0 heterocycles.